The Labute approximate surface area is 159 Å². The Morgan fingerprint density at radius 3 is 2.07 bits per heavy atom. The monoisotopic (exact) mass is 412 g/mol. The van der Waals surface area contributed by atoms with Crippen LogP contribution in [0.15, 0.2) is 28.5 Å². The van der Waals surface area contributed by atoms with Gasteiger partial charge in [-0.2, -0.15) is 0 Å². The molecule has 144 valence electrons. The van der Waals surface area contributed by atoms with Crippen molar-refractivity contribution in [3.63, 3.8) is 0 Å². The molecule has 11 heteroatoms. The molecular weight excluding hydrogens is 396 g/mol. The van der Waals surface area contributed by atoms with Crippen LogP contribution < -0.4 is 10.5 Å². The van der Waals surface area contributed by atoms with Crippen LogP contribution in [-0.4, -0.2) is 40.5 Å². The number of amides is 1. The number of carbonyl (C=O) groups excluding carboxylic acids is 3. The van der Waals surface area contributed by atoms with Crippen molar-refractivity contribution in [2.24, 2.45) is 5.73 Å². The smallest absolute Gasteiger partial charge is 0.348 e. The van der Waals surface area contributed by atoms with Gasteiger partial charge in [-0.1, -0.05) is 0 Å². The van der Waals surface area contributed by atoms with Gasteiger partial charge >= 0.3 is 11.9 Å². The topological polar surface area (TPSA) is 142 Å². The number of sulfonamides is 1. The van der Waals surface area contributed by atoms with Crippen LogP contribution >= 0.6 is 11.3 Å². The average Bonchev–Trinajstić information content (AvgIpc) is 2.98. The summed E-state index contributed by atoms with van der Waals surface area (Å²) in [5.74, 6) is -2.33. The van der Waals surface area contributed by atoms with E-state index in [1.165, 1.54) is 31.2 Å². The normalized spacial score (nSPS) is 10.9. The van der Waals surface area contributed by atoms with E-state index in [1.807, 2.05) is 0 Å². The van der Waals surface area contributed by atoms with Crippen LogP contribution in [0.2, 0.25) is 0 Å². The van der Waals surface area contributed by atoms with Gasteiger partial charge in [-0.15, -0.1) is 11.3 Å². The number of esters is 2. The van der Waals surface area contributed by atoms with Crippen LogP contribution in [0.4, 0.5) is 5.69 Å². The Morgan fingerprint density at radius 1 is 1.04 bits per heavy atom. The number of benzene rings is 1. The summed E-state index contributed by atoms with van der Waals surface area (Å²) in [6, 6.07) is 5.39. The largest absolute Gasteiger partial charge is 0.465 e. The number of primary amides is 1. The molecule has 1 aromatic carbocycles. The summed E-state index contributed by atoms with van der Waals surface area (Å²) in [5, 5.41) is 0. The number of methoxy groups -OCH3 is 2. The second-order valence-corrected chi connectivity index (χ2v) is 8.15. The lowest BCUT2D eigenvalue weighted by Crippen LogP contribution is -2.16. The van der Waals surface area contributed by atoms with Crippen molar-refractivity contribution < 1.29 is 32.3 Å². The highest BCUT2D eigenvalue weighted by Gasteiger charge is 2.32. The minimum Gasteiger partial charge on any atom is -0.465 e. The predicted octanol–water partition coefficient (Wildman–Crippen LogP) is 1.53. The summed E-state index contributed by atoms with van der Waals surface area (Å²) in [6.45, 7) is 1.43. The van der Waals surface area contributed by atoms with Crippen LogP contribution in [0.3, 0.4) is 0 Å². The molecule has 3 N–H and O–H groups in total. The molecule has 0 saturated carbocycles. The Morgan fingerprint density at radius 2 is 1.59 bits per heavy atom. The van der Waals surface area contributed by atoms with Gasteiger partial charge in [0.2, 0.25) is 5.91 Å². The van der Waals surface area contributed by atoms with E-state index in [0.717, 1.165) is 14.2 Å². The number of nitrogens with one attached hydrogen (secondary N) is 1. The molecule has 0 fully saturated rings. The molecule has 1 heterocycles. The third-order valence-corrected chi connectivity index (χ3v) is 6.71. The second-order valence-electron chi connectivity index (χ2n) is 5.25. The third-order valence-electron chi connectivity index (χ3n) is 3.54. The molecule has 27 heavy (non-hydrogen) atoms. The van der Waals surface area contributed by atoms with E-state index < -0.39 is 27.9 Å². The van der Waals surface area contributed by atoms with Crippen molar-refractivity contribution in [1.29, 1.82) is 0 Å². The van der Waals surface area contributed by atoms with Crippen LogP contribution in [0.1, 0.15) is 36.0 Å². The molecule has 0 unspecified atom stereocenters. The molecule has 9 nitrogen and oxygen atoms in total. The van der Waals surface area contributed by atoms with Gasteiger partial charge in [0.25, 0.3) is 10.0 Å². The predicted molar refractivity (Wildman–Crippen MR) is 97.5 cm³/mol. The molecule has 0 aliphatic carbocycles. The first-order valence-electron chi connectivity index (χ1n) is 7.35. The molecule has 0 bridgehead atoms. The van der Waals surface area contributed by atoms with E-state index in [2.05, 4.69) is 14.2 Å². The molecule has 2 aromatic rings. The number of hydrogen-bond acceptors (Lipinski definition) is 8. The van der Waals surface area contributed by atoms with Gasteiger partial charge in [0.15, 0.2) is 4.21 Å². The quantitative estimate of drug-likeness (QED) is 0.685. The molecule has 1 aromatic heterocycles. The Kier molecular flexibility index (Phi) is 5.86. The number of nitrogens with two attached hydrogens (primary N) is 1. The molecule has 0 spiro atoms. The van der Waals surface area contributed by atoms with Crippen LogP contribution in [-0.2, 0) is 19.5 Å². The first-order chi connectivity index (χ1) is 12.6. The van der Waals surface area contributed by atoms with Gasteiger partial charge in [-0.05, 0) is 36.8 Å². The van der Waals surface area contributed by atoms with Crippen molar-refractivity contribution in [2.45, 2.75) is 11.1 Å². The fraction of sp³-hybridized carbons (Fsp3) is 0.188. The maximum atomic E-state index is 12.8. The minimum atomic E-state index is -4.23. The Hall–Kier alpha value is -2.92. The second kappa shape index (κ2) is 7.76. The molecule has 2 rings (SSSR count). The molecular formula is C16H16N2O7S2. The van der Waals surface area contributed by atoms with Crippen molar-refractivity contribution in [1.82, 2.24) is 0 Å². The van der Waals surface area contributed by atoms with E-state index in [9.17, 15) is 22.8 Å². The fourth-order valence-electron chi connectivity index (χ4n) is 2.21. The summed E-state index contributed by atoms with van der Waals surface area (Å²) in [5.41, 5.74) is 5.38. The first kappa shape index (κ1) is 20.4. The molecule has 0 saturated heterocycles. The van der Waals surface area contributed by atoms with E-state index in [-0.39, 0.29) is 31.5 Å². The number of carbonyl (C=O) groups is 3. The zero-order valence-corrected chi connectivity index (χ0v) is 16.2. The summed E-state index contributed by atoms with van der Waals surface area (Å²) in [7, 11) is -1.99. The number of hydrogen-bond donors (Lipinski definition) is 2. The van der Waals surface area contributed by atoms with Gasteiger partial charge in [0.05, 0.1) is 19.8 Å². The lowest BCUT2D eigenvalue weighted by molar-refractivity contribution is 0.0596. The molecule has 1 amide bonds. The van der Waals surface area contributed by atoms with Crippen molar-refractivity contribution in [3.05, 3.63) is 45.8 Å². The first-order valence-corrected chi connectivity index (χ1v) is 9.65. The van der Waals surface area contributed by atoms with Gasteiger partial charge in [0.1, 0.15) is 4.88 Å². The Bertz CT molecular complexity index is 1010. The highest BCUT2D eigenvalue weighted by atomic mass is 32.2. The van der Waals surface area contributed by atoms with E-state index in [4.69, 9.17) is 5.73 Å². The average molecular weight is 412 g/mol. The van der Waals surface area contributed by atoms with Gasteiger partial charge < -0.3 is 15.2 Å². The lowest BCUT2D eigenvalue weighted by atomic mass is 10.2. The Balaban J connectivity index is 2.52. The van der Waals surface area contributed by atoms with E-state index in [0.29, 0.717) is 11.3 Å². The zero-order chi connectivity index (χ0) is 20.4. The molecule has 0 aliphatic rings. The van der Waals surface area contributed by atoms with Crippen molar-refractivity contribution in [3.8, 4) is 0 Å². The van der Waals surface area contributed by atoms with Crippen molar-refractivity contribution in [2.75, 3.05) is 18.9 Å². The maximum Gasteiger partial charge on any atom is 0.348 e. The van der Waals surface area contributed by atoms with Crippen molar-refractivity contribution >= 4 is 44.9 Å². The number of anilines is 1. The fourth-order valence-corrected chi connectivity index (χ4v) is 5.01. The van der Waals surface area contributed by atoms with Gasteiger partial charge in [0, 0.05) is 11.3 Å². The van der Waals surface area contributed by atoms with E-state index >= 15 is 0 Å². The van der Waals surface area contributed by atoms with Crippen LogP contribution in [0.25, 0.3) is 0 Å². The summed E-state index contributed by atoms with van der Waals surface area (Å²) < 4.78 is 36.7. The van der Waals surface area contributed by atoms with Gasteiger partial charge in [-0.25, -0.2) is 18.0 Å². The third kappa shape index (κ3) is 4.09. The summed E-state index contributed by atoms with van der Waals surface area (Å²) >= 11 is 0.597. The highest BCUT2D eigenvalue weighted by Crippen LogP contribution is 2.34. The van der Waals surface area contributed by atoms with E-state index in [1.54, 1.807) is 0 Å². The summed E-state index contributed by atoms with van der Waals surface area (Å²) in [6.07, 6.45) is 0. The van der Waals surface area contributed by atoms with Gasteiger partial charge in [-0.3, -0.25) is 9.52 Å². The van der Waals surface area contributed by atoms with Crippen LogP contribution in [0.5, 0.6) is 0 Å². The number of rotatable bonds is 6. The summed E-state index contributed by atoms with van der Waals surface area (Å²) in [4.78, 5) is 35.0. The molecule has 0 atom stereocenters. The number of thiophene rings is 1. The zero-order valence-electron chi connectivity index (χ0n) is 14.6. The molecule has 0 aliphatic heterocycles. The maximum absolute atomic E-state index is 12.8. The highest BCUT2D eigenvalue weighted by molar-refractivity contribution is 7.94. The minimum absolute atomic E-state index is 0.0256. The van der Waals surface area contributed by atoms with Crippen LogP contribution in [0, 0.1) is 6.92 Å². The SMILES string of the molecule is COC(=O)c1sc(S(=O)(=O)Nc2ccc(C(N)=O)cc2)c(C(=O)OC)c1C. The molecule has 0 radical (unpaired) electrons. The standard InChI is InChI=1S/C16H16N2O7S2/c1-8-11(14(20)24-2)16(26-12(8)15(21)25-3)27(22,23)18-10-6-4-9(5-7-10)13(17)19/h4-7,18H,1-3H3,(H2,17,19). The lowest BCUT2D eigenvalue weighted by Gasteiger charge is -2.08. The number of ether oxygens (including phenoxy) is 2.